The van der Waals surface area contributed by atoms with Crippen molar-refractivity contribution in [2.45, 2.75) is 31.7 Å². The summed E-state index contributed by atoms with van der Waals surface area (Å²) >= 11 is 0. The Morgan fingerprint density at radius 1 is 1.35 bits per heavy atom. The zero-order valence-corrected chi connectivity index (χ0v) is 14.7. The van der Waals surface area contributed by atoms with Gasteiger partial charge in [0, 0.05) is 51.2 Å². The summed E-state index contributed by atoms with van der Waals surface area (Å²) in [6.45, 7) is 1.58. The minimum Gasteiger partial charge on any atom is -0.481 e. The molecule has 1 amide bonds. The third-order valence-electron chi connectivity index (χ3n) is 5.52. The Labute approximate surface area is 150 Å². The maximum Gasteiger partial charge on any atom is 0.303 e. The van der Waals surface area contributed by atoms with Crippen LogP contribution < -0.4 is 0 Å². The van der Waals surface area contributed by atoms with Gasteiger partial charge in [-0.2, -0.15) is 0 Å². The van der Waals surface area contributed by atoms with Gasteiger partial charge in [0.25, 0.3) is 0 Å². The first-order valence-corrected chi connectivity index (χ1v) is 8.80. The molecule has 1 aliphatic carbocycles. The number of carbonyl (C=O) groups excluding carboxylic acids is 1. The first-order valence-electron chi connectivity index (χ1n) is 8.80. The van der Waals surface area contributed by atoms with E-state index in [9.17, 15) is 14.7 Å². The fourth-order valence-corrected chi connectivity index (χ4v) is 3.99. The topological polar surface area (TPSA) is 106 Å². The number of amides is 1. The third kappa shape index (κ3) is 3.09. The molecule has 0 radical (unpaired) electrons. The second-order valence-corrected chi connectivity index (χ2v) is 7.51. The van der Waals surface area contributed by atoms with Crippen LogP contribution in [-0.2, 0) is 23.2 Å². The van der Waals surface area contributed by atoms with Crippen molar-refractivity contribution in [1.82, 2.24) is 29.4 Å². The number of imidazole rings is 1. The maximum absolute atomic E-state index is 13.2. The summed E-state index contributed by atoms with van der Waals surface area (Å²) < 4.78 is 3.55. The van der Waals surface area contributed by atoms with Crippen molar-refractivity contribution < 1.29 is 14.7 Å². The Hall–Kier alpha value is -2.71. The molecular weight excluding hydrogens is 336 g/mol. The van der Waals surface area contributed by atoms with Crippen LogP contribution in [0.3, 0.4) is 0 Å². The molecule has 26 heavy (non-hydrogen) atoms. The van der Waals surface area contributed by atoms with Crippen LogP contribution in [0.2, 0.25) is 0 Å². The van der Waals surface area contributed by atoms with Crippen LogP contribution in [0.25, 0.3) is 0 Å². The smallest absolute Gasteiger partial charge is 0.303 e. The van der Waals surface area contributed by atoms with Crippen LogP contribution in [0.5, 0.6) is 0 Å². The third-order valence-corrected chi connectivity index (χ3v) is 5.52. The molecule has 2 aromatic rings. The Morgan fingerprint density at radius 2 is 2.15 bits per heavy atom. The van der Waals surface area contributed by atoms with E-state index in [-0.39, 0.29) is 29.6 Å². The van der Waals surface area contributed by atoms with Crippen LogP contribution in [0.1, 0.15) is 30.9 Å². The number of nitrogens with zero attached hydrogens (tertiary/aromatic N) is 6. The van der Waals surface area contributed by atoms with Crippen LogP contribution in [0, 0.1) is 11.3 Å². The number of aromatic nitrogens is 5. The molecule has 1 saturated carbocycles. The zero-order chi connectivity index (χ0) is 18.3. The van der Waals surface area contributed by atoms with E-state index in [1.807, 2.05) is 21.9 Å². The number of aryl methyl sites for hydroxylation is 1. The molecule has 138 valence electrons. The molecule has 1 N–H and O–H groups in total. The molecule has 9 nitrogen and oxygen atoms in total. The number of hydrogen-bond acceptors (Lipinski definition) is 5. The second-order valence-electron chi connectivity index (χ2n) is 7.51. The highest BCUT2D eigenvalue weighted by Gasteiger charge is 2.54. The highest BCUT2D eigenvalue weighted by Crippen LogP contribution is 2.50. The second kappa shape index (κ2) is 6.22. The number of likely N-dealkylation sites (tertiary alicyclic amines) is 1. The van der Waals surface area contributed by atoms with Crippen LogP contribution >= 0.6 is 0 Å². The van der Waals surface area contributed by atoms with Gasteiger partial charge in [-0.3, -0.25) is 14.3 Å². The minimum atomic E-state index is -0.849. The number of hydrogen-bond donors (Lipinski definition) is 1. The van der Waals surface area contributed by atoms with Crippen molar-refractivity contribution >= 4 is 11.9 Å². The van der Waals surface area contributed by atoms with Gasteiger partial charge in [-0.25, -0.2) is 4.98 Å². The molecule has 2 aliphatic rings. The monoisotopic (exact) mass is 358 g/mol. The number of carboxylic acids is 1. The zero-order valence-electron chi connectivity index (χ0n) is 14.7. The Balaban J connectivity index is 1.52. The molecule has 0 aromatic carbocycles. The first-order chi connectivity index (χ1) is 12.5. The Bertz CT molecular complexity index is 810. The van der Waals surface area contributed by atoms with Crippen molar-refractivity contribution in [3.8, 4) is 0 Å². The summed E-state index contributed by atoms with van der Waals surface area (Å²) in [5.74, 6) is -0.962. The molecule has 0 spiro atoms. The van der Waals surface area contributed by atoms with Crippen molar-refractivity contribution in [1.29, 1.82) is 0 Å². The van der Waals surface area contributed by atoms with Crippen LogP contribution in [0.4, 0.5) is 0 Å². The molecule has 4 rings (SSSR count). The molecule has 3 heterocycles. The number of aliphatic carboxylic acids is 1. The van der Waals surface area contributed by atoms with Gasteiger partial charge in [0.15, 0.2) is 0 Å². The van der Waals surface area contributed by atoms with E-state index in [4.69, 9.17) is 0 Å². The molecule has 2 aromatic heterocycles. The van der Waals surface area contributed by atoms with Crippen molar-refractivity contribution in [2.75, 3.05) is 13.1 Å². The summed E-state index contributed by atoms with van der Waals surface area (Å²) in [5.41, 5.74) is 0.389. The van der Waals surface area contributed by atoms with E-state index in [2.05, 4.69) is 15.3 Å². The quantitative estimate of drug-likeness (QED) is 0.806. The van der Waals surface area contributed by atoms with Gasteiger partial charge in [-0.1, -0.05) is 5.21 Å². The fraction of sp³-hybridized carbons (Fsp3) is 0.588. The molecule has 0 unspecified atom stereocenters. The summed E-state index contributed by atoms with van der Waals surface area (Å²) in [6, 6.07) is 0. The highest BCUT2D eigenvalue weighted by molar-refractivity contribution is 5.85. The van der Waals surface area contributed by atoms with E-state index in [0.29, 0.717) is 19.6 Å². The number of carbonyl (C=O) groups is 2. The lowest BCUT2D eigenvalue weighted by Gasteiger charge is -2.23. The average molecular weight is 358 g/mol. The number of rotatable bonds is 6. The van der Waals surface area contributed by atoms with E-state index >= 15 is 0 Å². The van der Waals surface area contributed by atoms with E-state index in [1.54, 1.807) is 24.3 Å². The van der Waals surface area contributed by atoms with Gasteiger partial charge in [0.05, 0.1) is 23.9 Å². The summed E-state index contributed by atoms with van der Waals surface area (Å²) in [6.07, 6.45) is 8.87. The first kappa shape index (κ1) is 16.7. The minimum absolute atomic E-state index is 0.0273. The largest absolute Gasteiger partial charge is 0.481 e. The van der Waals surface area contributed by atoms with Crippen LogP contribution in [0.15, 0.2) is 24.9 Å². The van der Waals surface area contributed by atoms with Crippen molar-refractivity contribution in [2.24, 2.45) is 18.4 Å². The molecular formula is C17H22N6O3. The molecule has 0 bridgehead atoms. The molecule has 9 heteroatoms. The Morgan fingerprint density at radius 3 is 2.73 bits per heavy atom. The molecule has 1 saturated heterocycles. The van der Waals surface area contributed by atoms with E-state index in [1.165, 1.54) is 0 Å². The van der Waals surface area contributed by atoms with Gasteiger partial charge in [-0.15, -0.1) is 5.10 Å². The predicted octanol–water partition coefficient (Wildman–Crippen LogP) is 0.509. The van der Waals surface area contributed by atoms with Gasteiger partial charge in [0.2, 0.25) is 5.91 Å². The summed E-state index contributed by atoms with van der Waals surface area (Å²) in [7, 11) is 1.78. The molecule has 1 aliphatic heterocycles. The van der Waals surface area contributed by atoms with Crippen molar-refractivity contribution in [3.05, 3.63) is 30.6 Å². The predicted molar refractivity (Wildman–Crippen MR) is 90.0 cm³/mol. The maximum atomic E-state index is 13.2. The van der Waals surface area contributed by atoms with Gasteiger partial charge < -0.3 is 14.6 Å². The molecule has 2 atom stereocenters. The number of carboxylic acid groups (broad SMARTS) is 1. The SMILES string of the molecule is Cn1cc([C@@H]2CN(C(=O)C3(Cn4ccnc4)CC3)C[C@@H]2CC(=O)O)nn1. The van der Waals surface area contributed by atoms with Gasteiger partial charge >= 0.3 is 5.97 Å². The summed E-state index contributed by atoms with van der Waals surface area (Å²) in [5, 5.41) is 17.4. The summed E-state index contributed by atoms with van der Waals surface area (Å²) in [4.78, 5) is 30.3. The Kier molecular flexibility index (Phi) is 4.01. The van der Waals surface area contributed by atoms with Crippen molar-refractivity contribution in [3.63, 3.8) is 0 Å². The fourth-order valence-electron chi connectivity index (χ4n) is 3.99. The lowest BCUT2D eigenvalue weighted by Crippen LogP contribution is -2.37. The lowest BCUT2D eigenvalue weighted by molar-refractivity contribution is -0.139. The molecule has 2 fully saturated rings. The highest BCUT2D eigenvalue weighted by atomic mass is 16.4. The van der Waals surface area contributed by atoms with Crippen LogP contribution in [-0.4, -0.2) is 59.5 Å². The van der Waals surface area contributed by atoms with E-state index in [0.717, 1.165) is 18.5 Å². The van der Waals surface area contributed by atoms with Gasteiger partial charge in [-0.05, 0) is 18.8 Å². The standard InChI is InChI=1S/C17H22N6O3/c1-21-9-14(19-20-21)13-8-23(7-12(13)6-15(24)25)16(26)17(2-3-17)10-22-5-4-18-11-22/h4-5,9,11-13H,2-3,6-8,10H2,1H3,(H,24,25)/t12-,13+/m0/s1. The van der Waals surface area contributed by atoms with E-state index < -0.39 is 5.97 Å². The lowest BCUT2D eigenvalue weighted by atomic mass is 9.91. The average Bonchev–Trinajstić information content (AvgIpc) is 2.97. The van der Waals surface area contributed by atoms with Gasteiger partial charge in [0.1, 0.15) is 0 Å². The normalized spacial score (nSPS) is 24.0.